The minimum atomic E-state index is -1.00. The van der Waals surface area contributed by atoms with Crippen LogP contribution in [0, 0.1) is 6.92 Å². The molecule has 5 nitrogen and oxygen atoms in total. The Morgan fingerprint density at radius 1 is 1.42 bits per heavy atom. The molecule has 2 rings (SSSR count). The van der Waals surface area contributed by atoms with E-state index in [-0.39, 0.29) is 10.4 Å². The second-order valence-corrected chi connectivity index (χ2v) is 7.15. The number of carboxylic acid groups (broad SMARTS) is 1. The average molecular weight is 281 g/mol. The number of aromatic carboxylic acids is 1. The van der Waals surface area contributed by atoms with Gasteiger partial charge in [-0.25, -0.2) is 14.8 Å². The van der Waals surface area contributed by atoms with Gasteiger partial charge in [0.05, 0.1) is 0 Å². The molecule has 0 atom stereocenters. The van der Waals surface area contributed by atoms with E-state index in [9.17, 15) is 4.79 Å². The van der Waals surface area contributed by atoms with Crippen LogP contribution >= 0.6 is 11.8 Å². The first-order valence-electron chi connectivity index (χ1n) is 6.35. The molecule has 1 N–H and O–H groups in total. The van der Waals surface area contributed by atoms with Crippen molar-refractivity contribution in [3.8, 4) is 0 Å². The van der Waals surface area contributed by atoms with Crippen LogP contribution in [0.15, 0.2) is 6.07 Å². The Kier molecular flexibility index (Phi) is 3.99. The fourth-order valence-electron chi connectivity index (χ4n) is 2.02. The Labute approximate surface area is 117 Å². The topological polar surface area (TPSA) is 66.3 Å². The molecule has 0 spiro atoms. The van der Waals surface area contributed by atoms with Crippen molar-refractivity contribution >= 4 is 23.7 Å². The van der Waals surface area contributed by atoms with Gasteiger partial charge in [-0.1, -0.05) is 13.8 Å². The molecule has 0 amide bonds. The van der Waals surface area contributed by atoms with E-state index in [1.165, 1.54) is 6.07 Å². The molecule has 2 heterocycles. The van der Waals surface area contributed by atoms with Crippen LogP contribution in [0.2, 0.25) is 0 Å². The molecule has 1 fully saturated rings. The number of aryl methyl sites for hydroxylation is 1. The lowest BCUT2D eigenvalue weighted by Crippen LogP contribution is -2.29. The molecule has 1 saturated heterocycles. The first-order valence-corrected chi connectivity index (χ1v) is 7.34. The van der Waals surface area contributed by atoms with Crippen LogP contribution in [0.5, 0.6) is 0 Å². The summed E-state index contributed by atoms with van der Waals surface area (Å²) in [4.78, 5) is 21.7. The lowest BCUT2D eigenvalue weighted by atomic mass is 10.1. The summed E-state index contributed by atoms with van der Waals surface area (Å²) in [5.41, 5.74) is 0.761. The van der Waals surface area contributed by atoms with E-state index < -0.39 is 5.97 Å². The van der Waals surface area contributed by atoms with Crippen molar-refractivity contribution in [1.29, 1.82) is 0 Å². The summed E-state index contributed by atoms with van der Waals surface area (Å²) in [5.74, 6) is 0.541. The zero-order valence-corrected chi connectivity index (χ0v) is 12.3. The molecule has 0 bridgehead atoms. The van der Waals surface area contributed by atoms with Gasteiger partial charge in [0, 0.05) is 29.3 Å². The van der Waals surface area contributed by atoms with Crippen molar-refractivity contribution in [2.24, 2.45) is 0 Å². The molecule has 6 heteroatoms. The molecule has 1 aromatic heterocycles. The molecule has 104 valence electrons. The first kappa shape index (κ1) is 14.1. The van der Waals surface area contributed by atoms with Crippen LogP contribution in [0.1, 0.15) is 36.5 Å². The zero-order valence-electron chi connectivity index (χ0n) is 11.5. The van der Waals surface area contributed by atoms with Crippen LogP contribution in [0.3, 0.4) is 0 Å². The molecule has 0 aromatic carbocycles. The number of thioether (sulfide) groups is 1. The van der Waals surface area contributed by atoms with Gasteiger partial charge in [-0.3, -0.25) is 0 Å². The van der Waals surface area contributed by atoms with Gasteiger partial charge < -0.3 is 10.0 Å². The van der Waals surface area contributed by atoms with Gasteiger partial charge in [-0.05, 0) is 19.4 Å². The van der Waals surface area contributed by atoms with E-state index in [1.54, 1.807) is 6.92 Å². The van der Waals surface area contributed by atoms with Gasteiger partial charge in [0.1, 0.15) is 0 Å². The number of carbonyl (C=O) groups is 1. The van der Waals surface area contributed by atoms with Gasteiger partial charge in [-0.2, -0.15) is 11.8 Å². The second kappa shape index (κ2) is 5.36. The smallest absolute Gasteiger partial charge is 0.354 e. The molecule has 1 aliphatic rings. The Morgan fingerprint density at radius 2 is 2.16 bits per heavy atom. The van der Waals surface area contributed by atoms with Crippen LogP contribution in [-0.4, -0.2) is 44.6 Å². The van der Waals surface area contributed by atoms with Crippen molar-refractivity contribution in [3.05, 3.63) is 17.5 Å². The van der Waals surface area contributed by atoms with Crippen LogP contribution in [-0.2, 0) is 0 Å². The minimum Gasteiger partial charge on any atom is -0.477 e. The number of aromatic nitrogens is 2. The third-order valence-electron chi connectivity index (χ3n) is 3.18. The Balaban J connectivity index is 2.24. The van der Waals surface area contributed by atoms with Crippen molar-refractivity contribution in [2.45, 2.75) is 31.9 Å². The minimum absolute atomic E-state index is 0.0682. The number of hydrogen-bond acceptors (Lipinski definition) is 5. The van der Waals surface area contributed by atoms with E-state index >= 15 is 0 Å². The molecule has 0 aliphatic carbocycles. The Bertz CT molecular complexity index is 491. The standard InChI is InChI=1S/C13H19N3O2S/c1-9-8-10(11(17)18)15-12(14-9)16-5-4-13(2,3)19-7-6-16/h8H,4-7H2,1-3H3,(H,17,18). The second-order valence-electron chi connectivity index (χ2n) is 5.34. The Morgan fingerprint density at radius 3 is 2.84 bits per heavy atom. The van der Waals surface area contributed by atoms with Crippen LogP contribution in [0.4, 0.5) is 5.95 Å². The fraction of sp³-hybridized carbons (Fsp3) is 0.615. The third kappa shape index (κ3) is 3.59. The maximum Gasteiger partial charge on any atom is 0.354 e. The average Bonchev–Trinajstić information content (AvgIpc) is 2.49. The van der Waals surface area contributed by atoms with Crippen LogP contribution in [0.25, 0.3) is 0 Å². The molecule has 1 aromatic rings. The molecular weight excluding hydrogens is 262 g/mol. The normalized spacial score (nSPS) is 19.0. The highest BCUT2D eigenvalue weighted by molar-refractivity contribution is 8.00. The van der Waals surface area contributed by atoms with E-state index in [0.29, 0.717) is 11.6 Å². The quantitative estimate of drug-likeness (QED) is 0.896. The van der Waals surface area contributed by atoms with Gasteiger partial charge in [0.25, 0.3) is 0 Å². The third-order valence-corrected chi connectivity index (χ3v) is 4.55. The van der Waals surface area contributed by atoms with Gasteiger partial charge >= 0.3 is 5.97 Å². The molecule has 1 aliphatic heterocycles. The molecule has 0 unspecified atom stereocenters. The lowest BCUT2D eigenvalue weighted by molar-refractivity contribution is 0.0690. The monoisotopic (exact) mass is 281 g/mol. The number of hydrogen-bond donors (Lipinski definition) is 1. The lowest BCUT2D eigenvalue weighted by Gasteiger charge is -2.23. The summed E-state index contributed by atoms with van der Waals surface area (Å²) in [5, 5.41) is 9.06. The number of carboxylic acids is 1. The summed E-state index contributed by atoms with van der Waals surface area (Å²) in [6, 6.07) is 1.50. The number of anilines is 1. The summed E-state index contributed by atoms with van der Waals surface area (Å²) in [6.07, 6.45) is 1.04. The summed E-state index contributed by atoms with van der Waals surface area (Å²) in [6.45, 7) is 8.00. The number of rotatable bonds is 2. The van der Waals surface area contributed by atoms with E-state index in [2.05, 4.69) is 28.7 Å². The maximum atomic E-state index is 11.0. The van der Waals surface area contributed by atoms with Crippen molar-refractivity contribution in [2.75, 3.05) is 23.7 Å². The molecule has 19 heavy (non-hydrogen) atoms. The molecule has 0 saturated carbocycles. The predicted molar refractivity (Wildman–Crippen MR) is 77.1 cm³/mol. The van der Waals surface area contributed by atoms with Gasteiger partial charge in [-0.15, -0.1) is 0 Å². The highest BCUT2D eigenvalue weighted by Gasteiger charge is 2.25. The van der Waals surface area contributed by atoms with Gasteiger partial charge in [0.2, 0.25) is 5.95 Å². The van der Waals surface area contributed by atoms with Crippen molar-refractivity contribution < 1.29 is 9.90 Å². The number of nitrogens with zero attached hydrogens (tertiary/aromatic N) is 3. The predicted octanol–water partition coefficient (Wildman–Crippen LogP) is 2.21. The van der Waals surface area contributed by atoms with Gasteiger partial charge in [0.15, 0.2) is 5.69 Å². The van der Waals surface area contributed by atoms with E-state index in [1.807, 2.05) is 11.8 Å². The molecule has 0 radical (unpaired) electrons. The van der Waals surface area contributed by atoms with E-state index in [4.69, 9.17) is 5.11 Å². The van der Waals surface area contributed by atoms with Crippen LogP contribution < -0.4 is 4.90 Å². The summed E-state index contributed by atoms with van der Waals surface area (Å²) in [7, 11) is 0. The first-order chi connectivity index (χ1) is 8.87. The highest BCUT2D eigenvalue weighted by Crippen LogP contribution is 2.31. The SMILES string of the molecule is Cc1cc(C(=O)O)nc(N2CCSC(C)(C)CC2)n1. The summed E-state index contributed by atoms with van der Waals surface area (Å²) < 4.78 is 0.258. The molecular formula is C13H19N3O2S. The van der Waals surface area contributed by atoms with Crippen molar-refractivity contribution in [1.82, 2.24) is 9.97 Å². The highest BCUT2D eigenvalue weighted by atomic mass is 32.2. The largest absolute Gasteiger partial charge is 0.477 e. The van der Waals surface area contributed by atoms with E-state index in [0.717, 1.165) is 25.3 Å². The Hall–Kier alpha value is -1.30. The summed E-state index contributed by atoms with van der Waals surface area (Å²) >= 11 is 1.94. The van der Waals surface area contributed by atoms with Crippen molar-refractivity contribution in [3.63, 3.8) is 0 Å². The fourth-order valence-corrected chi connectivity index (χ4v) is 3.12. The maximum absolute atomic E-state index is 11.0. The zero-order chi connectivity index (χ0) is 14.0.